The summed E-state index contributed by atoms with van der Waals surface area (Å²) < 4.78 is 33.6. The summed E-state index contributed by atoms with van der Waals surface area (Å²) in [6, 6.07) is 19.4. The van der Waals surface area contributed by atoms with Gasteiger partial charge in [-0.25, -0.2) is 4.39 Å². The van der Waals surface area contributed by atoms with Gasteiger partial charge >= 0.3 is 0 Å². The summed E-state index contributed by atoms with van der Waals surface area (Å²) in [7, 11) is 0. The van der Waals surface area contributed by atoms with Crippen molar-refractivity contribution in [2.24, 2.45) is 0 Å². The van der Waals surface area contributed by atoms with Crippen molar-refractivity contribution in [3.8, 4) is 28.7 Å². The number of hydrogen-bond donors (Lipinski definition) is 0. The molecular formula is C30H32F2O. The van der Waals surface area contributed by atoms with Gasteiger partial charge in [0.2, 0.25) is 5.82 Å². The third-order valence-corrected chi connectivity index (χ3v) is 5.59. The molecule has 0 saturated heterocycles. The van der Waals surface area contributed by atoms with Crippen molar-refractivity contribution in [3.05, 3.63) is 89.0 Å². The third kappa shape index (κ3) is 7.19. The van der Waals surface area contributed by atoms with E-state index in [-0.39, 0.29) is 11.3 Å². The second-order valence-corrected chi connectivity index (χ2v) is 8.28. The number of ether oxygens (including phenoxy) is 1. The van der Waals surface area contributed by atoms with E-state index in [4.69, 9.17) is 4.74 Å². The summed E-state index contributed by atoms with van der Waals surface area (Å²) in [6.45, 7) is 4.49. The van der Waals surface area contributed by atoms with Crippen LogP contribution >= 0.6 is 0 Å². The maximum absolute atomic E-state index is 14.3. The van der Waals surface area contributed by atoms with Crippen LogP contribution in [-0.2, 0) is 6.42 Å². The third-order valence-electron chi connectivity index (χ3n) is 5.59. The first-order valence-electron chi connectivity index (χ1n) is 11.9. The van der Waals surface area contributed by atoms with Crippen LogP contribution in [0.5, 0.6) is 5.75 Å². The molecule has 0 saturated carbocycles. The maximum Gasteiger partial charge on any atom is 0.201 e. The summed E-state index contributed by atoms with van der Waals surface area (Å²) >= 11 is 0. The Kier molecular flexibility index (Phi) is 9.51. The quantitative estimate of drug-likeness (QED) is 0.225. The van der Waals surface area contributed by atoms with Crippen molar-refractivity contribution in [2.45, 2.75) is 58.8 Å². The molecular weight excluding hydrogens is 414 g/mol. The average Bonchev–Trinajstić information content (AvgIpc) is 2.85. The molecule has 3 aromatic carbocycles. The van der Waals surface area contributed by atoms with Crippen molar-refractivity contribution < 1.29 is 13.5 Å². The summed E-state index contributed by atoms with van der Waals surface area (Å²) in [5.41, 5.74) is 4.39. The van der Waals surface area contributed by atoms with Crippen LogP contribution in [0.3, 0.4) is 0 Å². The highest BCUT2D eigenvalue weighted by Gasteiger charge is 2.13. The van der Waals surface area contributed by atoms with Gasteiger partial charge in [0, 0.05) is 5.56 Å². The molecule has 0 bridgehead atoms. The number of rotatable bonds is 10. The fourth-order valence-corrected chi connectivity index (χ4v) is 3.63. The standard InChI is InChI=1S/C30H32F2O/c1-3-5-6-7-8-9-23-10-15-25(16-11-23)26-17-12-24(13-18-26)14-19-27-20-21-28(33-22-4-2)30(32)29(27)31/h10-13,15-18,20-21H,3-9,22H2,1-2H3. The lowest BCUT2D eigenvalue weighted by Crippen LogP contribution is -2.00. The SMILES string of the molecule is CCCCCCCc1ccc(-c2ccc(C#Cc3ccc(OCCC)c(F)c3F)cc2)cc1. The maximum atomic E-state index is 14.3. The largest absolute Gasteiger partial charge is 0.490 e. The summed E-state index contributed by atoms with van der Waals surface area (Å²) in [5, 5.41) is 0. The fraction of sp³-hybridized carbons (Fsp3) is 0.333. The van der Waals surface area contributed by atoms with Gasteiger partial charge < -0.3 is 4.74 Å². The van der Waals surface area contributed by atoms with E-state index < -0.39 is 11.6 Å². The molecule has 0 unspecified atom stereocenters. The highest BCUT2D eigenvalue weighted by atomic mass is 19.2. The minimum atomic E-state index is -0.991. The molecule has 0 N–H and O–H groups in total. The smallest absolute Gasteiger partial charge is 0.201 e. The molecule has 0 heterocycles. The Bertz CT molecular complexity index is 1070. The highest BCUT2D eigenvalue weighted by molar-refractivity contribution is 5.64. The van der Waals surface area contributed by atoms with Gasteiger partial charge in [0.1, 0.15) is 0 Å². The number of benzene rings is 3. The van der Waals surface area contributed by atoms with E-state index in [9.17, 15) is 8.78 Å². The van der Waals surface area contributed by atoms with Crippen molar-refractivity contribution in [1.82, 2.24) is 0 Å². The second-order valence-electron chi connectivity index (χ2n) is 8.28. The molecule has 3 aromatic rings. The van der Waals surface area contributed by atoms with Gasteiger partial charge in [0.25, 0.3) is 0 Å². The molecule has 0 aromatic heterocycles. The molecule has 33 heavy (non-hydrogen) atoms. The van der Waals surface area contributed by atoms with Gasteiger partial charge in [-0.15, -0.1) is 0 Å². The van der Waals surface area contributed by atoms with Crippen molar-refractivity contribution in [1.29, 1.82) is 0 Å². The molecule has 0 amide bonds. The van der Waals surface area contributed by atoms with Crippen LogP contribution in [0.15, 0.2) is 60.7 Å². The zero-order valence-corrected chi connectivity index (χ0v) is 19.6. The predicted molar refractivity (Wildman–Crippen MR) is 132 cm³/mol. The fourth-order valence-electron chi connectivity index (χ4n) is 3.63. The Balaban J connectivity index is 1.62. The average molecular weight is 447 g/mol. The van der Waals surface area contributed by atoms with Crippen LogP contribution in [0.2, 0.25) is 0 Å². The molecule has 1 nitrogen and oxygen atoms in total. The Labute approximate surface area is 196 Å². The van der Waals surface area contributed by atoms with E-state index in [1.807, 2.05) is 31.2 Å². The Morgan fingerprint density at radius 1 is 0.667 bits per heavy atom. The van der Waals surface area contributed by atoms with Crippen LogP contribution in [0.4, 0.5) is 8.78 Å². The Hall–Kier alpha value is -3.12. The van der Waals surface area contributed by atoms with Gasteiger partial charge in [-0.1, -0.05) is 87.8 Å². The lowest BCUT2D eigenvalue weighted by molar-refractivity contribution is 0.295. The number of hydrogen-bond acceptors (Lipinski definition) is 1. The minimum Gasteiger partial charge on any atom is -0.490 e. The van der Waals surface area contributed by atoms with Gasteiger partial charge in [0.15, 0.2) is 11.6 Å². The molecule has 0 aliphatic rings. The first kappa shape index (κ1) is 24.5. The van der Waals surface area contributed by atoms with Crippen LogP contribution in [-0.4, -0.2) is 6.61 Å². The van der Waals surface area contributed by atoms with Crippen LogP contribution in [0.25, 0.3) is 11.1 Å². The van der Waals surface area contributed by atoms with Gasteiger partial charge in [-0.05, 0) is 60.2 Å². The molecule has 172 valence electrons. The molecule has 0 fully saturated rings. The van der Waals surface area contributed by atoms with E-state index in [1.54, 1.807) is 0 Å². The molecule has 3 rings (SSSR count). The topological polar surface area (TPSA) is 9.23 Å². The van der Waals surface area contributed by atoms with E-state index in [1.165, 1.54) is 49.8 Å². The monoisotopic (exact) mass is 446 g/mol. The first-order valence-corrected chi connectivity index (χ1v) is 11.9. The molecule has 3 heteroatoms. The van der Waals surface area contributed by atoms with E-state index in [0.717, 1.165) is 29.5 Å². The van der Waals surface area contributed by atoms with Gasteiger partial charge in [-0.2, -0.15) is 4.39 Å². The minimum absolute atomic E-state index is 0.0192. The van der Waals surface area contributed by atoms with Crippen molar-refractivity contribution in [3.63, 3.8) is 0 Å². The van der Waals surface area contributed by atoms with E-state index >= 15 is 0 Å². The van der Waals surface area contributed by atoms with Crippen molar-refractivity contribution in [2.75, 3.05) is 6.61 Å². The lowest BCUT2D eigenvalue weighted by Gasteiger charge is -2.07. The van der Waals surface area contributed by atoms with E-state index in [2.05, 4.69) is 43.0 Å². The van der Waals surface area contributed by atoms with Gasteiger partial charge in [0.05, 0.1) is 12.2 Å². The normalized spacial score (nSPS) is 10.5. The predicted octanol–water partition coefficient (Wildman–Crippen LogP) is 8.33. The summed E-state index contributed by atoms with van der Waals surface area (Å²) in [5.74, 6) is 3.61. The highest BCUT2D eigenvalue weighted by Crippen LogP contribution is 2.23. The lowest BCUT2D eigenvalue weighted by atomic mass is 10.00. The van der Waals surface area contributed by atoms with Crippen molar-refractivity contribution >= 4 is 0 Å². The van der Waals surface area contributed by atoms with Crippen LogP contribution in [0.1, 0.15) is 69.1 Å². The zero-order valence-electron chi connectivity index (χ0n) is 19.6. The Morgan fingerprint density at radius 2 is 1.33 bits per heavy atom. The molecule has 0 atom stereocenters. The second kappa shape index (κ2) is 12.8. The summed E-state index contributed by atoms with van der Waals surface area (Å²) in [6.07, 6.45) is 8.31. The van der Waals surface area contributed by atoms with Gasteiger partial charge in [-0.3, -0.25) is 0 Å². The molecule has 0 aliphatic heterocycles. The van der Waals surface area contributed by atoms with Crippen LogP contribution < -0.4 is 4.74 Å². The van der Waals surface area contributed by atoms with E-state index in [0.29, 0.717) is 6.61 Å². The number of unbranched alkanes of at least 4 members (excludes halogenated alkanes) is 4. The zero-order chi connectivity index (χ0) is 23.5. The summed E-state index contributed by atoms with van der Waals surface area (Å²) in [4.78, 5) is 0. The van der Waals surface area contributed by atoms with Crippen LogP contribution in [0, 0.1) is 23.5 Å². The number of halogens is 2. The number of aryl methyl sites for hydroxylation is 1. The molecule has 0 aliphatic carbocycles. The molecule has 0 radical (unpaired) electrons. The first-order chi connectivity index (χ1) is 16.1. The molecule has 0 spiro atoms. The Morgan fingerprint density at radius 3 is 2.00 bits per heavy atom.